The molecule has 0 bridgehead atoms. The fourth-order valence-electron chi connectivity index (χ4n) is 2.24. The van der Waals surface area contributed by atoms with Gasteiger partial charge in [-0.2, -0.15) is 0 Å². The third-order valence-electron chi connectivity index (χ3n) is 3.16. The lowest BCUT2D eigenvalue weighted by Gasteiger charge is -2.07. The minimum absolute atomic E-state index is 0.749. The van der Waals surface area contributed by atoms with Gasteiger partial charge in [0, 0.05) is 33.0 Å². The van der Waals surface area contributed by atoms with E-state index in [2.05, 4.69) is 57.9 Å². The van der Waals surface area contributed by atoms with E-state index in [1.54, 1.807) is 0 Å². The highest BCUT2D eigenvalue weighted by Crippen LogP contribution is 2.33. The lowest BCUT2D eigenvalue weighted by atomic mass is 10.1. The second kappa shape index (κ2) is 4.45. The quantitative estimate of drug-likeness (QED) is 0.576. The normalized spacial score (nSPS) is 11.1. The van der Waals surface area contributed by atoms with Crippen LogP contribution in [-0.2, 0) is 7.05 Å². The first-order valence-corrected chi connectivity index (χ1v) is 6.84. The van der Waals surface area contributed by atoms with Crippen molar-refractivity contribution in [3.63, 3.8) is 0 Å². The van der Waals surface area contributed by atoms with Gasteiger partial charge in [0.15, 0.2) is 0 Å². The van der Waals surface area contributed by atoms with E-state index < -0.39 is 0 Å². The number of fused-ring (bicyclic) bond motifs is 1. The molecule has 0 aliphatic carbocycles. The number of aromatic nitrogens is 1. The monoisotopic (exact) mass is 319 g/mol. The predicted molar refractivity (Wildman–Crippen MR) is 81.1 cm³/mol. The summed E-state index contributed by atoms with van der Waals surface area (Å²) in [6.07, 6.45) is 0. The van der Waals surface area contributed by atoms with Crippen molar-refractivity contribution in [3.8, 4) is 11.3 Å². The Morgan fingerprint density at radius 2 is 1.83 bits per heavy atom. The molecule has 18 heavy (non-hydrogen) atoms. The minimum Gasteiger partial charge on any atom is -0.344 e. The molecule has 0 amide bonds. The maximum atomic E-state index is 6.09. The average Bonchev–Trinajstić information content (AvgIpc) is 2.71. The van der Waals surface area contributed by atoms with E-state index in [0.29, 0.717) is 0 Å². The standard InChI is InChI=1S/C15H11BrClN/c1-18-14-5-3-2-4-10(14)8-15(18)12-9-11(17)6-7-13(12)16/h2-9H,1H3. The number of benzene rings is 2. The van der Waals surface area contributed by atoms with Crippen molar-refractivity contribution in [3.05, 3.63) is 58.0 Å². The topological polar surface area (TPSA) is 4.93 Å². The Kier molecular flexibility index (Phi) is 2.92. The molecule has 0 radical (unpaired) electrons. The van der Waals surface area contributed by atoms with Crippen LogP contribution in [-0.4, -0.2) is 4.57 Å². The summed E-state index contributed by atoms with van der Waals surface area (Å²) < 4.78 is 3.24. The molecule has 0 aliphatic heterocycles. The van der Waals surface area contributed by atoms with Gasteiger partial charge in [-0.1, -0.05) is 45.7 Å². The third kappa shape index (κ3) is 1.86. The van der Waals surface area contributed by atoms with Gasteiger partial charge in [0.1, 0.15) is 0 Å². The Bertz CT molecular complexity index is 730. The van der Waals surface area contributed by atoms with Crippen molar-refractivity contribution in [2.45, 2.75) is 0 Å². The van der Waals surface area contributed by atoms with Crippen LogP contribution in [0.3, 0.4) is 0 Å². The Morgan fingerprint density at radius 1 is 1.06 bits per heavy atom. The third-order valence-corrected chi connectivity index (χ3v) is 4.08. The largest absolute Gasteiger partial charge is 0.344 e. The fraction of sp³-hybridized carbons (Fsp3) is 0.0667. The van der Waals surface area contributed by atoms with Crippen LogP contribution in [0.4, 0.5) is 0 Å². The fourth-order valence-corrected chi connectivity index (χ4v) is 2.86. The van der Waals surface area contributed by atoms with Crippen LogP contribution >= 0.6 is 27.5 Å². The summed E-state index contributed by atoms with van der Waals surface area (Å²) in [6, 6.07) is 16.4. The molecule has 0 unspecified atom stereocenters. The van der Waals surface area contributed by atoms with Crippen LogP contribution in [0.2, 0.25) is 5.02 Å². The van der Waals surface area contributed by atoms with E-state index in [1.165, 1.54) is 10.9 Å². The van der Waals surface area contributed by atoms with Crippen molar-refractivity contribution < 1.29 is 0 Å². The van der Waals surface area contributed by atoms with Crippen molar-refractivity contribution >= 4 is 38.4 Å². The van der Waals surface area contributed by atoms with Crippen molar-refractivity contribution in [1.82, 2.24) is 4.57 Å². The Hall–Kier alpha value is -1.25. The minimum atomic E-state index is 0.749. The molecule has 3 rings (SSSR count). The molecule has 0 fully saturated rings. The summed E-state index contributed by atoms with van der Waals surface area (Å²) in [6.45, 7) is 0. The van der Waals surface area contributed by atoms with Gasteiger partial charge in [0.2, 0.25) is 0 Å². The highest BCUT2D eigenvalue weighted by atomic mass is 79.9. The molecule has 1 heterocycles. The molecule has 3 aromatic rings. The van der Waals surface area contributed by atoms with Gasteiger partial charge in [-0.3, -0.25) is 0 Å². The van der Waals surface area contributed by atoms with Crippen LogP contribution in [0.25, 0.3) is 22.2 Å². The van der Waals surface area contributed by atoms with E-state index in [0.717, 1.165) is 20.8 Å². The van der Waals surface area contributed by atoms with Crippen LogP contribution in [0.15, 0.2) is 53.0 Å². The van der Waals surface area contributed by atoms with Gasteiger partial charge in [-0.05, 0) is 30.3 Å². The van der Waals surface area contributed by atoms with Gasteiger partial charge < -0.3 is 4.57 Å². The first kappa shape index (κ1) is 11.8. The van der Waals surface area contributed by atoms with Crippen molar-refractivity contribution in [2.75, 3.05) is 0 Å². The Morgan fingerprint density at radius 3 is 2.61 bits per heavy atom. The molecule has 2 aromatic carbocycles. The maximum Gasteiger partial charge on any atom is 0.0500 e. The molecule has 90 valence electrons. The molecule has 1 nitrogen and oxygen atoms in total. The second-order valence-electron chi connectivity index (χ2n) is 4.27. The lowest BCUT2D eigenvalue weighted by Crippen LogP contribution is -1.91. The SMILES string of the molecule is Cn1c(-c2cc(Cl)ccc2Br)cc2ccccc21. The van der Waals surface area contributed by atoms with E-state index in [9.17, 15) is 0 Å². The second-order valence-corrected chi connectivity index (χ2v) is 5.56. The zero-order valence-corrected chi connectivity index (χ0v) is 12.2. The van der Waals surface area contributed by atoms with Gasteiger partial charge in [0.05, 0.1) is 5.69 Å². The van der Waals surface area contributed by atoms with Gasteiger partial charge in [-0.25, -0.2) is 0 Å². The summed E-state index contributed by atoms with van der Waals surface area (Å²) in [5.74, 6) is 0. The lowest BCUT2D eigenvalue weighted by molar-refractivity contribution is 0.977. The molecule has 0 aliphatic rings. The van der Waals surface area contributed by atoms with E-state index in [4.69, 9.17) is 11.6 Å². The molecule has 1 aromatic heterocycles. The summed E-state index contributed by atoms with van der Waals surface area (Å²) in [7, 11) is 2.07. The molecule has 3 heteroatoms. The molecule has 0 spiro atoms. The summed E-state index contributed by atoms with van der Waals surface area (Å²) in [5, 5.41) is 1.99. The molecule has 0 atom stereocenters. The van der Waals surface area contributed by atoms with Gasteiger partial charge in [-0.15, -0.1) is 0 Å². The Balaban J connectivity index is 2.31. The number of para-hydroxylation sites is 1. The molecular formula is C15H11BrClN. The number of hydrogen-bond donors (Lipinski definition) is 0. The van der Waals surface area contributed by atoms with Crippen LogP contribution in [0.1, 0.15) is 0 Å². The maximum absolute atomic E-state index is 6.09. The Labute approximate surface area is 119 Å². The smallest absolute Gasteiger partial charge is 0.0500 e. The van der Waals surface area contributed by atoms with Crippen molar-refractivity contribution in [2.24, 2.45) is 7.05 Å². The van der Waals surface area contributed by atoms with Crippen LogP contribution in [0.5, 0.6) is 0 Å². The zero-order valence-electron chi connectivity index (χ0n) is 9.82. The molecule has 0 saturated heterocycles. The first-order valence-electron chi connectivity index (χ1n) is 5.67. The number of rotatable bonds is 1. The summed E-state index contributed by atoms with van der Waals surface area (Å²) in [4.78, 5) is 0. The van der Waals surface area contributed by atoms with E-state index in [-0.39, 0.29) is 0 Å². The van der Waals surface area contributed by atoms with E-state index >= 15 is 0 Å². The molecular weight excluding hydrogens is 310 g/mol. The van der Waals surface area contributed by atoms with Crippen molar-refractivity contribution in [1.29, 1.82) is 0 Å². The predicted octanol–water partition coefficient (Wildman–Crippen LogP) is 5.26. The van der Waals surface area contributed by atoms with Crippen LogP contribution in [0, 0.1) is 0 Å². The highest BCUT2D eigenvalue weighted by molar-refractivity contribution is 9.10. The van der Waals surface area contributed by atoms with Gasteiger partial charge in [0.25, 0.3) is 0 Å². The number of hydrogen-bond acceptors (Lipinski definition) is 0. The molecule has 0 N–H and O–H groups in total. The van der Waals surface area contributed by atoms with Gasteiger partial charge >= 0.3 is 0 Å². The first-order chi connectivity index (χ1) is 8.66. The van der Waals surface area contributed by atoms with E-state index in [1.807, 2.05) is 18.2 Å². The number of aryl methyl sites for hydroxylation is 1. The molecule has 0 saturated carbocycles. The number of nitrogens with zero attached hydrogens (tertiary/aromatic N) is 1. The number of halogens is 2. The summed E-state index contributed by atoms with van der Waals surface area (Å²) >= 11 is 9.67. The highest BCUT2D eigenvalue weighted by Gasteiger charge is 2.10. The van der Waals surface area contributed by atoms with Crippen LogP contribution < -0.4 is 0 Å². The zero-order chi connectivity index (χ0) is 12.7. The average molecular weight is 321 g/mol. The summed E-state index contributed by atoms with van der Waals surface area (Å²) in [5.41, 5.74) is 3.49.